The molecule has 1 nitrogen and oxygen atoms in total. The van der Waals surface area contributed by atoms with Crippen LogP contribution in [0.5, 0.6) is 0 Å². The molecule has 0 radical (unpaired) electrons. The summed E-state index contributed by atoms with van der Waals surface area (Å²) in [4.78, 5) is 1.19. The molecule has 0 heterocycles. The van der Waals surface area contributed by atoms with Gasteiger partial charge in [-0.1, -0.05) is 55.5 Å². The monoisotopic (exact) mass is 244 g/mol. The van der Waals surface area contributed by atoms with Crippen molar-refractivity contribution in [3.8, 4) is 0 Å². The molecule has 2 heteroatoms. The van der Waals surface area contributed by atoms with Gasteiger partial charge in [-0.3, -0.25) is 0 Å². The van der Waals surface area contributed by atoms with E-state index in [4.69, 9.17) is 0 Å². The van der Waals surface area contributed by atoms with Crippen LogP contribution in [-0.4, -0.2) is 10.4 Å². The van der Waals surface area contributed by atoms with Crippen molar-refractivity contribution in [2.24, 2.45) is 0 Å². The first-order valence-electron chi connectivity index (χ1n) is 5.72. The van der Waals surface area contributed by atoms with Crippen molar-refractivity contribution in [3.05, 3.63) is 66.2 Å². The summed E-state index contributed by atoms with van der Waals surface area (Å²) < 4.78 is 0. The SMILES string of the molecule is C[C@@H](Sc1ccccc1)[C@H](O)c1ccccc1. The van der Waals surface area contributed by atoms with Gasteiger partial charge < -0.3 is 5.11 Å². The Bertz CT molecular complexity index is 441. The van der Waals surface area contributed by atoms with Gasteiger partial charge in [0.2, 0.25) is 0 Å². The van der Waals surface area contributed by atoms with E-state index in [-0.39, 0.29) is 5.25 Å². The van der Waals surface area contributed by atoms with E-state index in [0.29, 0.717) is 0 Å². The molecule has 88 valence electrons. The van der Waals surface area contributed by atoms with E-state index in [2.05, 4.69) is 19.1 Å². The summed E-state index contributed by atoms with van der Waals surface area (Å²) in [6.07, 6.45) is -0.429. The Kier molecular flexibility index (Phi) is 4.24. The van der Waals surface area contributed by atoms with Crippen LogP contribution in [-0.2, 0) is 0 Å². The van der Waals surface area contributed by atoms with Gasteiger partial charge in [0, 0.05) is 10.1 Å². The van der Waals surface area contributed by atoms with E-state index in [1.165, 1.54) is 4.90 Å². The van der Waals surface area contributed by atoms with Crippen molar-refractivity contribution in [1.29, 1.82) is 0 Å². The van der Waals surface area contributed by atoms with E-state index in [0.717, 1.165) is 5.56 Å². The lowest BCUT2D eigenvalue weighted by atomic mass is 10.1. The largest absolute Gasteiger partial charge is 0.387 e. The second-order valence-corrected chi connectivity index (χ2v) is 5.44. The molecule has 0 aliphatic rings. The Morgan fingerprint density at radius 1 is 0.882 bits per heavy atom. The van der Waals surface area contributed by atoms with Crippen LogP contribution in [0.4, 0.5) is 0 Å². The molecule has 0 saturated heterocycles. The minimum Gasteiger partial charge on any atom is -0.387 e. The smallest absolute Gasteiger partial charge is 0.0909 e. The van der Waals surface area contributed by atoms with Gasteiger partial charge in [0.25, 0.3) is 0 Å². The number of hydrogen-bond acceptors (Lipinski definition) is 2. The molecule has 2 aromatic carbocycles. The van der Waals surface area contributed by atoms with Crippen molar-refractivity contribution in [1.82, 2.24) is 0 Å². The lowest BCUT2D eigenvalue weighted by Crippen LogP contribution is -2.10. The molecule has 1 N–H and O–H groups in total. The molecule has 0 bridgehead atoms. The maximum absolute atomic E-state index is 10.2. The molecule has 17 heavy (non-hydrogen) atoms. The molecule has 2 aromatic rings. The second-order valence-electron chi connectivity index (χ2n) is 3.99. The fourth-order valence-corrected chi connectivity index (χ4v) is 2.73. The van der Waals surface area contributed by atoms with E-state index in [1.807, 2.05) is 48.5 Å². The minimum absolute atomic E-state index is 0.139. The van der Waals surface area contributed by atoms with Crippen LogP contribution in [0.25, 0.3) is 0 Å². The summed E-state index contributed by atoms with van der Waals surface area (Å²) in [6.45, 7) is 2.05. The van der Waals surface area contributed by atoms with Crippen molar-refractivity contribution in [3.63, 3.8) is 0 Å². The molecular weight excluding hydrogens is 228 g/mol. The van der Waals surface area contributed by atoms with Crippen molar-refractivity contribution in [2.75, 3.05) is 0 Å². The third-order valence-electron chi connectivity index (χ3n) is 2.65. The summed E-state index contributed by atoms with van der Waals surface area (Å²) in [5.41, 5.74) is 0.975. The highest BCUT2D eigenvalue weighted by Gasteiger charge is 2.16. The predicted octanol–water partition coefficient (Wildman–Crippen LogP) is 3.90. The summed E-state index contributed by atoms with van der Waals surface area (Å²) in [7, 11) is 0. The van der Waals surface area contributed by atoms with Gasteiger partial charge in [-0.15, -0.1) is 11.8 Å². The van der Waals surface area contributed by atoms with Gasteiger partial charge in [0.15, 0.2) is 0 Å². The van der Waals surface area contributed by atoms with Gasteiger partial charge in [-0.25, -0.2) is 0 Å². The normalized spacial score (nSPS) is 14.2. The van der Waals surface area contributed by atoms with Crippen molar-refractivity contribution >= 4 is 11.8 Å². The molecule has 0 aliphatic heterocycles. The van der Waals surface area contributed by atoms with Gasteiger partial charge in [0.1, 0.15) is 0 Å². The molecule has 0 aromatic heterocycles. The topological polar surface area (TPSA) is 20.2 Å². The first kappa shape index (κ1) is 12.2. The van der Waals surface area contributed by atoms with Crippen LogP contribution < -0.4 is 0 Å². The third-order valence-corrected chi connectivity index (χ3v) is 3.82. The van der Waals surface area contributed by atoms with Gasteiger partial charge in [0.05, 0.1) is 6.10 Å². The van der Waals surface area contributed by atoms with Crippen molar-refractivity contribution in [2.45, 2.75) is 23.2 Å². The van der Waals surface area contributed by atoms with Crippen LogP contribution in [0.1, 0.15) is 18.6 Å². The molecule has 2 rings (SSSR count). The summed E-state index contributed by atoms with van der Waals surface area (Å²) in [5.74, 6) is 0. The standard InChI is InChI=1S/C15H16OS/c1-12(17-14-10-6-3-7-11-14)15(16)13-8-4-2-5-9-13/h2-12,15-16H,1H3/t12-,15+/m1/s1. The van der Waals surface area contributed by atoms with Gasteiger partial charge in [-0.2, -0.15) is 0 Å². The van der Waals surface area contributed by atoms with Crippen molar-refractivity contribution < 1.29 is 5.11 Å². The van der Waals surface area contributed by atoms with Crippen LogP contribution in [0.3, 0.4) is 0 Å². The highest BCUT2D eigenvalue weighted by molar-refractivity contribution is 8.00. The fraction of sp³-hybridized carbons (Fsp3) is 0.200. The molecule has 0 amide bonds. The Hall–Kier alpha value is -1.25. The number of thioether (sulfide) groups is 1. The van der Waals surface area contributed by atoms with Crippen LogP contribution in [0.2, 0.25) is 0 Å². The average Bonchev–Trinajstić information content (AvgIpc) is 2.40. The molecule has 0 aliphatic carbocycles. The third kappa shape index (κ3) is 3.35. The minimum atomic E-state index is -0.429. The highest BCUT2D eigenvalue weighted by Crippen LogP contribution is 2.31. The van der Waals surface area contributed by atoms with Crippen LogP contribution >= 0.6 is 11.8 Å². The number of rotatable bonds is 4. The molecular formula is C15H16OS. The second kappa shape index (κ2) is 5.89. The maximum Gasteiger partial charge on any atom is 0.0909 e. The van der Waals surface area contributed by atoms with Crippen LogP contribution in [0, 0.1) is 0 Å². The Labute approximate surface area is 107 Å². The highest BCUT2D eigenvalue weighted by atomic mass is 32.2. The predicted molar refractivity (Wildman–Crippen MR) is 73.2 cm³/mol. The number of aliphatic hydroxyl groups excluding tert-OH is 1. The van der Waals surface area contributed by atoms with Gasteiger partial charge in [-0.05, 0) is 17.7 Å². The number of hydrogen-bond donors (Lipinski definition) is 1. The zero-order valence-electron chi connectivity index (χ0n) is 9.78. The van der Waals surface area contributed by atoms with E-state index in [1.54, 1.807) is 11.8 Å². The van der Waals surface area contributed by atoms with E-state index >= 15 is 0 Å². The zero-order valence-corrected chi connectivity index (χ0v) is 10.6. The van der Waals surface area contributed by atoms with Gasteiger partial charge >= 0.3 is 0 Å². The Balaban J connectivity index is 2.03. The first-order chi connectivity index (χ1) is 8.27. The summed E-state index contributed by atoms with van der Waals surface area (Å²) in [5, 5.41) is 10.4. The molecule has 2 atom stereocenters. The average molecular weight is 244 g/mol. The molecule has 0 fully saturated rings. The van der Waals surface area contributed by atoms with Crippen LogP contribution in [0.15, 0.2) is 65.6 Å². The van der Waals surface area contributed by atoms with E-state index in [9.17, 15) is 5.11 Å². The first-order valence-corrected chi connectivity index (χ1v) is 6.60. The molecule has 0 spiro atoms. The number of aliphatic hydroxyl groups is 1. The quantitative estimate of drug-likeness (QED) is 0.823. The number of benzene rings is 2. The fourth-order valence-electron chi connectivity index (χ4n) is 1.70. The molecule has 0 saturated carbocycles. The molecule has 0 unspecified atom stereocenters. The maximum atomic E-state index is 10.2. The summed E-state index contributed by atoms with van der Waals surface area (Å²) >= 11 is 1.70. The zero-order chi connectivity index (χ0) is 12.1. The Morgan fingerprint density at radius 2 is 1.41 bits per heavy atom. The Morgan fingerprint density at radius 3 is 2.00 bits per heavy atom. The lowest BCUT2D eigenvalue weighted by molar-refractivity contribution is 0.179. The van der Waals surface area contributed by atoms with E-state index < -0.39 is 6.10 Å². The lowest BCUT2D eigenvalue weighted by Gasteiger charge is -2.18. The summed E-state index contributed by atoms with van der Waals surface area (Å²) in [6, 6.07) is 20.0.